The molecule has 0 saturated carbocycles. The van der Waals surface area contributed by atoms with E-state index < -0.39 is 6.10 Å². The Morgan fingerprint density at radius 2 is 1.82 bits per heavy atom. The van der Waals surface area contributed by atoms with Gasteiger partial charge in [0.05, 0.1) is 25.3 Å². The number of benzene rings is 2. The second-order valence-corrected chi connectivity index (χ2v) is 7.46. The second kappa shape index (κ2) is 15.3. The van der Waals surface area contributed by atoms with Crippen LogP contribution in [-0.4, -0.2) is 49.3 Å². The van der Waals surface area contributed by atoms with Crippen molar-refractivity contribution in [2.75, 3.05) is 31.6 Å². The maximum Gasteiger partial charge on any atom is 0.221 e. The van der Waals surface area contributed by atoms with Crippen molar-refractivity contribution in [3.05, 3.63) is 54.1 Å². The predicted molar refractivity (Wildman–Crippen MR) is 143 cm³/mol. The van der Waals surface area contributed by atoms with Crippen LogP contribution >= 0.6 is 24.0 Å². The summed E-state index contributed by atoms with van der Waals surface area (Å²) < 4.78 is 11.4. The lowest BCUT2D eigenvalue weighted by atomic mass is 10.1. The number of hydrogen-bond donors (Lipinski definition) is 4. The molecule has 0 aliphatic heterocycles. The summed E-state index contributed by atoms with van der Waals surface area (Å²) in [5.41, 5.74) is 1.44. The number of nitrogens with zero attached hydrogens (tertiary/aromatic N) is 1. The Bertz CT molecular complexity index is 892. The maximum atomic E-state index is 11.2. The molecular formula is C24H35IN4O4. The van der Waals surface area contributed by atoms with Crippen LogP contribution in [0.3, 0.4) is 0 Å². The molecule has 1 atom stereocenters. The van der Waals surface area contributed by atoms with Crippen molar-refractivity contribution >= 4 is 41.5 Å². The Morgan fingerprint density at radius 3 is 2.52 bits per heavy atom. The van der Waals surface area contributed by atoms with E-state index in [4.69, 9.17) is 9.47 Å². The summed E-state index contributed by atoms with van der Waals surface area (Å²) in [6.45, 7) is 9.20. The summed E-state index contributed by atoms with van der Waals surface area (Å²) in [6, 6.07) is 14.7. The van der Waals surface area contributed by atoms with Crippen LogP contribution in [0.2, 0.25) is 0 Å². The molecule has 182 valence electrons. The van der Waals surface area contributed by atoms with E-state index in [-0.39, 0.29) is 42.5 Å². The monoisotopic (exact) mass is 570 g/mol. The first-order chi connectivity index (χ1) is 15.4. The van der Waals surface area contributed by atoms with Gasteiger partial charge in [-0.25, -0.2) is 0 Å². The number of carbonyl (C=O) groups is 1. The number of halogens is 1. The Morgan fingerprint density at radius 1 is 1.09 bits per heavy atom. The van der Waals surface area contributed by atoms with Crippen LogP contribution in [-0.2, 0) is 4.79 Å². The van der Waals surface area contributed by atoms with Crippen LogP contribution in [0, 0.1) is 0 Å². The number of ether oxygens (including phenoxy) is 2. The number of anilines is 1. The number of amides is 1. The Kier molecular flexibility index (Phi) is 13.2. The van der Waals surface area contributed by atoms with Gasteiger partial charge in [0.25, 0.3) is 0 Å². The molecular weight excluding hydrogens is 535 g/mol. The van der Waals surface area contributed by atoms with E-state index >= 15 is 0 Å². The van der Waals surface area contributed by atoms with Crippen molar-refractivity contribution in [2.24, 2.45) is 4.99 Å². The average Bonchev–Trinajstić information content (AvgIpc) is 2.74. The first-order valence-corrected chi connectivity index (χ1v) is 10.8. The largest absolute Gasteiger partial charge is 0.492 e. The molecule has 0 saturated heterocycles. The van der Waals surface area contributed by atoms with E-state index in [2.05, 4.69) is 20.9 Å². The SMILES string of the molecule is CCNC(=NCC(O)c1cccc(OC(C)C)c1)NCCOc1cccc(NC(C)=O)c1.I. The summed E-state index contributed by atoms with van der Waals surface area (Å²) >= 11 is 0. The van der Waals surface area contributed by atoms with Crippen LogP contribution in [0.5, 0.6) is 11.5 Å². The van der Waals surface area contributed by atoms with Crippen molar-refractivity contribution in [3.8, 4) is 11.5 Å². The minimum atomic E-state index is -0.742. The topological polar surface area (TPSA) is 104 Å². The minimum Gasteiger partial charge on any atom is -0.492 e. The van der Waals surface area contributed by atoms with Gasteiger partial charge in [-0.3, -0.25) is 9.79 Å². The minimum absolute atomic E-state index is 0. The fourth-order valence-electron chi connectivity index (χ4n) is 2.90. The van der Waals surface area contributed by atoms with Crippen molar-refractivity contribution in [1.82, 2.24) is 10.6 Å². The zero-order chi connectivity index (χ0) is 23.3. The van der Waals surface area contributed by atoms with Crippen molar-refractivity contribution < 1.29 is 19.4 Å². The summed E-state index contributed by atoms with van der Waals surface area (Å²) in [6.07, 6.45) is -0.672. The van der Waals surface area contributed by atoms with Crippen LogP contribution in [0.4, 0.5) is 5.69 Å². The number of rotatable bonds is 11. The zero-order valence-corrected chi connectivity index (χ0v) is 22.0. The normalized spacial score (nSPS) is 11.9. The first kappa shape index (κ1) is 28.5. The zero-order valence-electron chi connectivity index (χ0n) is 19.6. The summed E-state index contributed by atoms with van der Waals surface area (Å²) in [7, 11) is 0. The molecule has 33 heavy (non-hydrogen) atoms. The first-order valence-electron chi connectivity index (χ1n) is 10.8. The highest BCUT2D eigenvalue weighted by Crippen LogP contribution is 2.20. The maximum absolute atomic E-state index is 11.2. The van der Waals surface area contributed by atoms with Crippen molar-refractivity contribution in [3.63, 3.8) is 0 Å². The lowest BCUT2D eigenvalue weighted by molar-refractivity contribution is -0.114. The standard InChI is InChI=1S/C24H34N4O4.HI/c1-5-25-24(26-12-13-31-21-10-7-9-20(15-21)28-18(4)29)27-16-23(30)19-8-6-11-22(14-19)32-17(2)3;/h6-11,14-15,17,23,30H,5,12-13,16H2,1-4H3,(H,28,29)(H2,25,26,27);1H. The van der Waals surface area contributed by atoms with E-state index in [1.165, 1.54) is 6.92 Å². The third-order valence-corrected chi connectivity index (χ3v) is 4.20. The number of aliphatic imine (C=N–C) groups is 1. The van der Waals surface area contributed by atoms with Gasteiger partial charge < -0.3 is 30.5 Å². The van der Waals surface area contributed by atoms with E-state index in [1.807, 2.05) is 57.2 Å². The molecule has 1 amide bonds. The van der Waals surface area contributed by atoms with E-state index in [0.29, 0.717) is 37.1 Å². The van der Waals surface area contributed by atoms with Crippen LogP contribution in [0.15, 0.2) is 53.5 Å². The molecule has 0 bridgehead atoms. The number of hydrogen-bond acceptors (Lipinski definition) is 5. The van der Waals surface area contributed by atoms with Gasteiger partial charge in [0.15, 0.2) is 5.96 Å². The number of aliphatic hydroxyl groups is 1. The Labute approximate surface area is 213 Å². The molecule has 0 aliphatic rings. The van der Waals surface area contributed by atoms with Gasteiger partial charge in [0, 0.05) is 25.2 Å². The summed E-state index contributed by atoms with van der Waals surface area (Å²) in [5.74, 6) is 1.86. The molecule has 0 radical (unpaired) electrons. The molecule has 0 heterocycles. The molecule has 9 heteroatoms. The molecule has 2 aromatic carbocycles. The average molecular weight is 570 g/mol. The van der Waals surface area contributed by atoms with Crippen LogP contribution < -0.4 is 25.4 Å². The molecule has 8 nitrogen and oxygen atoms in total. The van der Waals surface area contributed by atoms with E-state index in [9.17, 15) is 9.90 Å². The number of carbonyl (C=O) groups excluding carboxylic acids is 1. The van der Waals surface area contributed by atoms with Gasteiger partial charge in [-0.2, -0.15) is 0 Å². The fourth-order valence-corrected chi connectivity index (χ4v) is 2.90. The molecule has 0 aliphatic carbocycles. The highest BCUT2D eigenvalue weighted by molar-refractivity contribution is 14.0. The Hall–Kier alpha value is -2.53. The smallest absolute Gasteiger partial charge is 0.221 e. The molecule has 0 spiro atoms. The quantitative estimate of drug-likeness (QED) is 0.142. The highest BCUT2D eigenvalue weighted by atomic mass is 127. The predicted octanol–water partition coefficient (Wildman–Crippen LogP) is 3.72. The van der Waals surface area contributed by atoms with Gasteiger partial charge >= 0.3 is 0 Å². The van der Waals surface area contributed by atoms with Crippen LogP contribution in [0.1, 0.15) is 39.4 Å². The fraction of sp³-hybridized carbons (Fsp3) is 0.417. The third-order valence-electron chi connectivity index (χ3n) is 4.20. The van der Waals surface area contributed by atoms with Gasteiger partial charge in [-0.15, -0.1) is 24.0 Å². The second-order valence-electron chi connectivity index (χ2n) is 7.46. The molecule has 0 fully saturated rings. The molecule has 2 rings (SSSR count). The van der Waals surface area contributed by atoms with Crippen molar-refractivity contribution in [1.29, 1.82) is 0 Å². The Balaban J connectivity index is 0.00000544. The third kappa shape index (κ3) is 11.2. The lowest BCUT2D eigenvalue weighted by Gasteiger charge is -2.15. The van der Waals surface area contributed by atoms with Gasteiger partial charge in [-0.05, 0) is 50.6 Å². The van der Waals surface area contributed by atoms with Gasteiger partial charge in [-0.1, -0.05) is 18.2 Å². The van der Waals surface area contributed by atoms with Crippen LogP contribution in [0.25, 0.3) is 0 Å². The number of guanidine groups is 1. The van der Waals surface area contributed by atoms with E-state index in [1.54, 1.807) is 12.1 Å². The summed E-state index contributed by atoms with van der Waals surface area (Å²) in [4.78, 5) is 15.6. The number of nitrogens with one attached hydrogen (secondary N) is 3. The highest BCUT2D eigenvalue weighted by Gasteiger charge is 2.09. The molecule has 1 unspecified atom stereocenters. The summed E-state index contributed by atoms with van der Waals surface area (Å²) in [5, 5.41) is 19.6. The number of aliphatic hydroxyl groups excluding tert-OH is 1. The lowest BCUT2D eigenvalue weighted by Crippen LogP contribution is -2.39. The van der Waals surface area contributed by atoms with Crippen molar-refractivity contribution in [2.45, 2.75) is 39.9 Å². The van der Waals surface area contributed by atoms with Gasteiger partial charge in [0.1, 0.15) is 18.1 Å². The molecule has 0 aromatic heterocycles. The molecule has 2 aromatic rings. The molecule has 4 N–H and O–H groups in total. The van der Waals surface area contributed by atoms with E-state index in [0.717, 1.165) is 11.3 Å². The van der Waals surface area contributed by atoms with Gasteiger partial charge in [0.2, 0.25) is 5.91 Å².